The lowest BCUT2D eigenvalue weighted by atomic mass is 10.1. The van der Waals surface area contributed by atoms with Crippen molar-refractivity contribution in [1.29, 1.82) is 0 Å². The lowest BCUT2D eigenvalue weighted by Gasteiger charge is -1.97. The van der Waals surface area contributed by atoms with Gasteiger partial charge in [-0.25, -0.2) is 4.79 Å². The number of hydrogen-bond acceptors (Lipinski definition) is 2. The summed E-state index contributed by atoms with van der Waals surface area (Å²) in [4.78, 5) is 25.1. The molecule has 0 unspecified atom stereocenters. The van der Waals surface area contributed by atoms with Crippen molar-refractivity contribution < 1.29 is 14.7 Å². The molecule has 0 bridgehead atoms. The van der Waals surface area contributed by atoms with Gasteiger partial charge in [-0.3, -0.25) is 4.79 Å². The van der Waals surface area contributed by atoms with Crippen molar-refractivity contribution in [2.24, 2.45) is 0 Å². The highest BCUT2D eigenvalue weighted by atomic mass is 16.4. The Balaban J connectivity index is 2.50. The van der Waals surface area contributed by atoms with Crippen molar-refractivity contribution in [1.82, 2.24) is 4.98 Å². The van der Waals surface area contributed by atoms with E-state index in [-0.39, 0.29) is 11.3 Å². The number of hydrogen-bond donors (Lipinski definition) is 2. The smallest absolute Gasteiger partial charge is 0.337 e. The highest BCUT2D eigenvalue weighted by Gasteiger charge is 2.22. The van der Waals surface area contributed by atoms with Gasteiger partial charge in [0.15, 0.2) is 5.78 Å². The van der Waals surface area contributed by atoms with Gasteiger partial charge in [0, 0.05) is 12.6 Å². The van der Waals surface area contributed by atoms with Crippen molar-refractivity contribution in [3.63, 3.8) is 0 Å². The number of carbonyl (C=O) groups excluding carboxylic acids is 1. The van der Waals surface area contributed by atoms with Crippen LogP contribution in [0, 0.1) is 0 Å². The van der Waals surface area contributed by atoms with Crippen LogP contribution in [0.25, 0.3) is 0 Å². The Bertz CT molecular complexity index is 392. The van der Waals surface area contributed by atoms with E-state index < -0.39 is 5.97 Å². The van der Waals surface area contributed by atoms with Crippen LogP contribution in [0.15, 0.2) is 6.20 Å². The van der Waals surface area contributed by atoms with E-state index in [1.54, 1.807) is 0 Å². The van der Waals surface area contributed by atoms with Crippen LogP contribution in [0.2, 0.25) is 0 Å². The summed E-state index contributed by atoms with van der Waals surface area (Å²) in [5.41, 5.74) is 1.43. The van der Waals surface area contributed by atoms with E-state index in [9.17, 15) is 9.59 Å². The SMILES string of the molecule is O=C(O)c1c[nH]c2c1CCCCC2=O. The molecule has 0 amide bonds. The molecule has 0 aliphatic heterocycles. The number of H-pyrrole nitrogens is 1. The highest BCUT2D eigenvalue weighted by molar-refractivity contribution is 6.00. The largest absolute Gasteiger partial charge is 0.478 e. The van der Waals surface area contributed by atoms with Crippen LogP contribution in [0.5, 0.6) is 0 Å². The number of aromatic amines is 1. The zero-order valence-corrected chi connectivity index (χ0v) is 7.67. The minimum Gasteiger partial charge on any atom is -0.478 e. The molecule has 1 aliphatic rings. The summed E-state index contributed by atoms with van der Waals surface area (Å²) < 4.78 is 0. The fourth-order valence-electron chi connectivity index (χ4n) is 1.86. The number of aromatic carboxylic acids is 1. The molecule has 14 heavy (non-hydrogen) atoms. The standard InChI is InChI=1S/C10H11NO3/c12-8-4-2-1-3-6-7(10(13)14)5-11-9(6)8/h5,11H,1-4H2,(H,13,14). The van der Waals surface area contributed by atoms with Crippen LogP contribution in [-0.2, 0) is 6.42 Å². The third kappa shape index (κ3) is 1.32. The molecule has 0 atom stereocenters. The van der Waals surface area contributed by atoms with Gasteiger partial charge < -0.3 is 10.1 Å². The van der Waals surface area contributed by atoms with E-state index in [0.717, 1.165) is 12.8 Å². The molecular formula is C10H11NO3. The minimum absolute atomic E-state index is 0.0324. The highest BCUT2D eigenvalue weighted by Crippen LogP contribution is 2.23. The summed E-state index contributed by atoms with van der Waals surface area (Å²) in [7, 11) is 0. The maximum Gasteiger partial charge on any atom is 0.337 e. The molecule has 4 heteroatoms. The van der Waals surface area contributed by atoms with Gasteiger partial charge >= 0.3 is 5.97 Å². The number of ketones is 1. The molecule has 1 heterocycles. The zero-order chi connectivity index (χ0) is 10.1. The maximum absolute atomic E-state index is 11.5. The van der Waals surface area contributed by atoms with Crippen LogP contribution in [-0.4, -0.2) is 21.8 Å². The van der Waals surface area contributed by atoms with Crippen molar-refractivity contribution in [2.45, 2.75) is 25.7 Å². The molecule has 2 N–H and O–H groups in total. The van der Waals surface area contributed by atoms with Gasteiger partial charge in [0.25, 0.3) is 0 Å². The number of carboxylic acids is 1. The Morgan fingerprint density at radius 1 is 1.36 bits per heavy atom. The fourth-order valence-corrected chi connectivity index (χ4v) is 1.86. The second-order valence-electron chi connectivity index (χ2n) is 3.49. The Morgan fingerprint density at radius 2 is 2.07 bits per heavy atom. The van der Waals surface area contributed by atoms with Crippen molar-refractivity contribution >= 4 is 11.8 Å². The molecule has 1 aliphatic carbocycles. The predicted molar refractivity (Wildman–Crippen MR) is 49.6 cm³/mol. The average Bonchev–Trinajstić information content (AvgIpc) is 2.48. The van der Waals surface area contributed by atoms with E-state index in [4.69, 9.17) is 5.11 Å². The molecule has 2 rings (SSSR count). The van der Waals surface area contributed by atoms with Crippen LogP contribution in [0.1, 0.15) is 45.7 Å². The summed E-state index contributed by atoms with van der Waals surface area (Å²) in [6.45, 7) is 0. The number of nitrogens with one attached hydrogen (secondary N) is 1. The van der Waals surface area contributed by atoms with Gasteiger partial charge in [0.1, 0.15) is 0 Å². The summed E-state index contributed by atoms with van der Waals surface area (Å²) in [5, 5.41) is 8.88. The number of aromatic nitrogens is 1. The van der Waals surface area contributed by atoms with Crippen LogP contribution in [0.4, 0.5) is 0 Å². The molecule has 0 radical (unpaired) electrons. The topological polar surface area (TPSA) is 70.2 Å². The van der Waals surface area contributed by atoms with Gasteiger partial charge in [-0.2, -0.15) is 0 Å². The summed E-state index contributed by atoms with van der Waals surface area (Å²) >= 11 is 0. The second kappa shape index (κ2) is 3.29. The molecule has 1 aromatic rings. The van der Waals surface area contributed by atoms with Crippen molar-refractivity contribution in [2.75, 3.05) is 0 Å². The molecule has 4 nitrogen and oxygen atoms in total. The third-order valence-electron chi connectivity index (χ3n) is 2.58. The molecule has 0 aromatic carbocycles. The van der Waals surface area contributed by atoms with E-state index in [1.807, 2.05) is 0 Å². The average molecular weight is 193 g/mol. The first-order chi connectivity index (χ1) is 6.70. The predicted octanol–water partition coefficient (Wildman–Crippen LogP) is 1.62. The number of fused-ring (bicyclic) bond motifs is 1. The summed E-state index contributed by atoms with van der Waals surface area (Å²) in [5.74, 6) is -0.929. The fraction of sp³-hybridized carbons (Fsp3) is 0.400. The van der Waals surface area contributed by atoms with Gasteiger partial charge in [-0.15, -0.1) is 0 Å². The van der Waals surface area contributed by atoms with Gasteiger partial charge in [0.2, 0.25) is 0 Å². The molecule has 74 valence electrons. The van der Waals surface area contributed by atoms with E-state index in [2.05, 4.69) is 4.98 Å². The molecule has 0 saturated carbocycles. The Hall–Kier alpha value is -1.58. The number of Topliss-reactive ketones (excluding diaryl/α,β-unsaturated/α-hetero) is 1. The summed E-state index contributed by atoms with van der Waals surface area (Å²) in [6.07, 6.45) is 4.35. The summed E-state index contributed by atoms with van der Waals surface area (Å²) in [6, 6.07) is 0. The molecular weight excluding hydrogens is 182 g/mol. The third-order valence-corrected chi connectivity index (χ3v) is 2.58. The molecule has 0 saturated heterocycles. The molecule has 0 fully saturated rings. The van der Waals surface area contributed by atoms with E-state index in [0.29, 0.717) is 24.1 Å². The first-order valence-corrected chi connectivity index (χ1v) is 4.67. The van der Waals surface area contributed by atoms with Crippen LogP contribution in [0.3, 0.4) is 0 Å². The van der Waals surface area contributed by atoms with Gasteiger partial charge in [0.05, 0.1) is 11.3 Å². The first-order valence-electron chi connectivity index (χ1n) is 4.67. The second-order valence-corrected chi connectivity index (χ2v) is 3.49. The van der Waals surface area contributed by atoms with E-state index in [1.165, 1.54) is 6.20 Å². The number of rotatable bonds is 1. The van der Waals surface area contributed by atoms with E-state index >= 15 is 0 Å². The minimum atomic E-state index is -0.961. The number of carbonyl (C=O) groups is 2. The normalized spacial score (nSPS) is 16.1. The van der Waals surface area contributed by atoms with Crippen molar-refractivity contribution in [3.05, 3.63) is 23.0 Å². The lowest BCUT2D eigenvalue weighted by molar-refractivity contribution is 0.0696. The maximum atomic E-state index is 11.5. The van der Waals surface area contributed by atoms with Gasteiger partial charge in [-0.05, 0) is 24.8 Å². The quantitative estimate of drug-likeness (QED) is 0.666. The first kappa shape index (κ1) is 8.99. The molecule has 0 spiro atoms. The monoisotopic (exact) mass is 193 g/mol. The Labute approximate surface area is 80.9 Å². The Kier molecular flexibility index (Phi) is 2.11. The zero-order valence-electron chi connectivity index (χ0n) is 7.67. The Morgan fingerprint density at radius 3 is 2.79 bits per heavy atom. The van der Waals surface area contributed by atoms with Crippen LogP contribution >= 0.6 is 0 Å². The molecule has 1 aromatic heterocycles. The number of carboxylic acid groups (broad SMARTS) is 1. The van der Waals surface area contributed by atoms with Crippen LogP contribution < -0.4 is 0 Å². The van der Waals surface area contributed by atoms with Crippen molar-refractivity contribution in [3.8, 4) is 0 Å². The lowest BCUT2D eigenvalue weighted by Crippen LogP contribution is -2.02. The van der Waals surface area contributed by atoms with Gasteiger partial charge in [-0.1, -0.05) is 0 Å².